The van der Waals surface area contributed by atoms with Crippen LogP contribution in [0.25, 0.3) is 17.2 Å². The van der Waals surface area contributed by atoms with E-state index in [1.54, 1.807) is 6.08 Å². The maximum Gasteiger partial charge on any atom is 0.293 e. The van der Waals surface area contributed by atoms with Crippen LogP contribution < -0.4 is 5.32 Å². The molecule has 0 aliphatic carbocycles. The van der Waals surface area contributed by atoms with Crippen molar-refractivity contribution in [2.45, 2.75) is 0 Å². The Balaban J connectivity index is 1.37. The van der Waals surface area contributed by atoms with Gasteiger partial charge in [-0.3, -0.25) is 19.3 Å². The Labute approximate surface area is 186 Å². The van der Waals surface area contributed by atoms with Crippen LogP contribution in [0.3, 0.4) is 0 Å². The molecule has 0 bridgehead atoms. The SMILES string of the molecule is O=C(NCCN1C(=O)S/C(=C\c2ccc(F)cc2)C1=O)c1sccc1-c1ccccc1. The van der Waals surface area contributed by atoms with Crippen molar-refractivity contribution in [1.29, 1.82) is 0 Å². The van der Waals surface area contributed by atoms with Gasteiger partial charge in [0.15, 0.2) is 0 Å². The molecular weight excluding hydrogens is 435 g/mol. The predicted molar refractivity (Wildman–Crippen MR) is 121 cm³/mol. The summed E-state index contributed by atoms with van der Waals surface area (Å²) in [4.78, 5) is 39.4. The quantitative estimate of drug-likeness (QED) is 0.534. The highest BCUT2D eigenvalue weighted by Gasteiger charge is 2.34. The molecule has 1 fully saturated rings. The molecule has 5 nitrogen and oxygen atoms in total. The van der Waals surface area contributed by atoms with E-state index in [0.717, 1.165) is 27.8 Å². The molecule has 3 amide bonds. The highest BCUT2D eigenvalue weighted by Crippen LogP contribution is 2.32. The van der Waals surface area contributed by atoms with Crippen molar-refractivity contribution in [2.24, 2.45) is 0 Å². The second-order valence-corrected chi connectivity index (χ2v) is 8.58. The molecule has 3 aromatic rings. The van der Waals surface area contributed by atoms with Crippen molar-refractivity contribution in [2.75, 3.05) is 13.1 Å². The summed E-state index contributed by atoms with van der Waals surface area (Å²) < 4.78 is 13.0. The van der Waals surface area contributed by atoms with E-state index in [0.29, 0.717) is 10.4 Å². The first-order chi connectivity index (χ1) is 15.0. The van der Waals surface area contributed by atoms with Crippen molar-refractivity contribution in [3.63, 3.8) is 0 Å². The van der Waals surface area contributed by atoms with Crippen LogP contribution in [0.1, 0.15) is 15.2 Å². The van der Waals surface area contributed by atoms with E-state index in [1.165, 1.54) is 35.6 Å². The standard InChI is InChI=1S/C23H17FN2O3S2/c24-17-8-6-15(7-9-17)14-19-22(28)26(23(29)31-19)12-11-25-21(27)20-18(10-13-30-20)16-4-2-1-3-5-16/h1-10,13-14H,11-12H2,(H,25,27)/b19-14-. The van der Waals surface area contributed by atoms with E-state index >= 15 is 0 Å². The fourth-order valence-electron chi connectivity index (χ4n) is 3.09. The van der Waals surface area contributed by atoms with E-state index in [4.69, 9.17) is 0 Å². The zero-order valence-electron chi connectivity index (χ0n) is 16.2. The van der Waals surface area contributed by atoms with Crippen molar-refractivity contribution >= 4 is 46.2 Å². The molecule has 156 valence electrons. The van der Waals surface area contributed by atoms with Gasteiger partial charge in [-0.1, -0.05) is 42.5 Å². The third kappa shape index (κ3) is 4.76. The number of thioether (sulfide) groups is 1. The highest BCUT2D eigenvalue weighted by molar-refractivity contribution is 8.18. The number of benzene rings is 2. The minimum absolute atomic E-state index is 0.0726. The summed E-state index contributed by atoms with van der Waals surface area (Å²) in [6.07, 6.45) is 1.56. The third-order valence-electron chi connectivity index (χ3n) is 4.62. The first-order valence-electron chi connectivity index (χ1n) is 9.45. The highest BCUT2D eigenvalue weighted by atomic mass is 32.2. The van der Waals surface area contributed by atoms with Crippen molar-refractivity contribution in [3.05, 3.63) is 87.2 Å². The van der Waals surface area contributed by atoms with E-state index in [2.05, 4.69) is 5.32 Å². The second kappa shape index (κ2) is 9.28. The molecule has 0 radical (unpaired) electrons. The minimum Gasteiger partial charge on any atom is -0.350 e. The number of amides is 3. The lowest BCUT2D eigenvalue weighted by Gasteiger charge is -2.13. The summed E-state index contributed by atoms with van der Waals surface area (Å²) in [5, 5.41) is 4.25. The normalized spacial score (nSPS) is 15.0. The van der Waals surface area contributed by atoms with Crippen LogP contribution in [-0.4, -0.2) is 35.0 Å². The third-order valence-corrected chi connectivity index (χ3v) is 6.44. The Morgan fingerprint density at radius 2 is 1.77 bits per heavy atom. The number of carbonyl (C=O) groups is 3. The maximum absolute atomic E-state index is 13.0. The number of carbonyl (C=O) groups excluding carboxylic acids is 3. The fourth-order valence-corrected chi connectivity index (χ4v) is 4.79. The zero-order valence-corrected chi connectivity index (χ0v) is 17.8. The predicted octanol–water partition coefficient (Wildman–Crippen LogP) is 5.02. The topological polar surface area (TPSA) is 66.5 Å². The van der Waals surface area contributed by atoms with Crippen LogP contribution in [0.15, 0.2) is 70.9 Å². The average Bonchev–Trinajstić information content (AvgIpc) is 3.37. The minimum atomic E-state index is -0.422. The van der Waals surface area contributed by atoms with Gasteiger partial charge >= 0.3 is 0 Å². The van der Waals surface area contributed by atoms with Crippen LogP contribution in [0.4, 0.5) is 9.18 Å². The Hall–Kier alpha value is -3.23. The van der Waals surface area contributed by atoms with Crippen LogP contribution >= 0.6 is 23.1 Å². The number of hydrogen-bond donors (Lipinski definition) is 1. The van der Waals surface area contributed by atoms with E-state index < -0.39 is 11.1 Å². The number of imide groups is 1. The molecule has 0 atom stereocenters. The van der Waals surface area contributed by atoms with Gasteiger partial charge in [0.2, 0.25) is 0 Å². The molecule has 0 saturated carbocycles. The summed E-state index contributed by atoms with van der Waals surface area (Å²) in [5.74, 6) is -1.04. The molecule has 1 aromatic heterocycles. The maximum atomic E-state index is 13.0. The number of nitrogens with one attached hydrogen (secondary N) is 1. The lowest BCUT2D eigenvalue weighted by atomic mass is 10.1. The van der Waals surface area contributed by atoms with Gasteiger partial charge in [0.25, 0.3) is 17.1 Å². The number of rotatable bonds is 6. The molecule has 2 aromatic carbocycles. The molecule has 0 spiro atoms. The summed E-state index contributed by atoms with van der Waals surface area (Å²) in [5.41, 5.74) is 2.42. The number of hydrogen-bond acceptors (Lipinski definition) is 5. The Morgan fingerprint density at radius 1 is 1.03 bits per heavy atom. The summed E-state index contributed by atoms with van der Waals surface area (Å²) in [7, 11) is 0. The van der Waals surface area contributed by atoms with E-state index in [9.17, 15) is 18.8 Å². The first-order valence-corrected chi connectivity index (χ1v) is 11.1. The smallest absolute Gasteiger partial charge is 0.293 e. The lowest BCUT2D eigenvalue weighted by Crippen LogP contribution is -2.37. The van der Waals surface area contributed by atoms with Crippen LogP contribution in [-0.2, 0) is 4.79 Å². The van der Waals surface area contributed by atoms with Crippen LogP contribution in [0, 0.1) is 5.82 Å². The molecule has 1 N–H and O–H groups in total. The molecule has 31 heavy (non-hydrogen) atoms. The Morgan fingerprint density at radius 3 is 2.52 bits per heavy atom. The molecule has 4 rings (SSSR count). The molecular formula is C23H17FN2O3S2. The van der Waals surface area contributed by atoms with Gasteiger partial charge in [0.1, 0.15) is 5.82 Å². The summed E-state index contributed by atoms with van der Waals surface area (Å²) in [6, 6.07) is 17.2. The Bertz CT molecular complexity index is 1160. The number of thiophene rings is 1. The van der Waals surface area contributed by atoms with Crippen molar-refractivity contribution in [1.82, 2.24) is 10.2 Å². The largest absolute Gasteiger partial charge is 0.350 e. The number of nitrogens with zero attached hydrogens (tertiary/aromatic N) is 1. The molecule has 1 aliphatic rings. The van der Waals surface area contributed by atoms with E-state index in [-0.39, 0.29) is 29.7 Å². The van der Waals surface area contributed by atoms with Gasteiger partial charge in [-0.25, -0.2) is 4.39 Å². The second-order valence-electron chi connectivity index (χ2n) is 6.67. The van der Waals surface area contributed by atoms with Gasteiger partial charge < -0.3 is 5.32 Å². The van der Waals surface area contributed by atoms with Gasteiger partial charge in [0.05, 0.1) is 9.78 Å². The van der Waals surface area contributed by atoms with Gasteiger partial charge in [-0.15, -0.1) is 11.3 Å². The lowest BCUT2D eigenvalue weighted by molar-refractivity contribution is -0.122. The Kier molecular flexibility index (Phi) is 6.29. The molecule has 1 saturated heterocycles. The van der Waals surface area contributed by atoms with Crippen molar-refractivity contribution < 1.29 is 18.8 Å². The average molecular weight is 453 g/mol. The van der Waals surface area contributed by atoms with E-state index in [1.807, 2.05) is 41.8 Å². The van der Waals surface area contributed by atoms with Crippen LogP contribution in [0.5, 0.6) is 0 Å². The summed E-state index contributed by atoms with van der Waals surface area (Å²) in [6.45, 7) is 0.218. The van der Waals surface area contributed by atoms with Crippen molar-refractivity contribution in [3.8, 4) is 11.1 Å². The van der Waals surface area contributed by atoms with Gasteiger partial charge in [-0.05, 0) is 52.5 Å². The zero-order chi connectivity index (χ0) is 21.8. The first kappa shape index (κ1) is 21.0. The van der Waals surface area contributed by atoms with Gasteiger partial charge in [-0.2, -0.15) is 0 Å². The monoisotopic (exact) mass is 452 g/mol. The molecule has 8 heteroatoms. The van der Waals surface area contributed by atoms with Crippen LogP contribution in [0.2, 0.25) is 0 Å². The molecule has 1 aliphatic heterocycles. The fraction of sp³-hybridized carbons (Fsp3) is 0.0870. The molecule has 2 heterocycles. The molecule has 0 unspecified atom stereocenters. The number of halogens is 1. The summed E-state index contributed by atoms with van der Waals surface area (Å²) >= 11 is 2.17. The van der Waals surface area contributed by atoms with Gasteiger partial charge in [0, 0.05) is 18.7 Å².